The molecule has 0 N–H and O–H groups in total. The van der Waals surface area contributed by atoms with E-state index in [-0.39, 0.29) is 5.78 Å². The van der Waals surface area contributed by atoms with E-state index < -0.39 is 11.6 Å². The van der Waals surface area contributed by atoms with Crippen LogP contribution in [0.5, 0.6) is 0 Å². The van der Waals surface area contributed by atoms with Gasteiger partial charge in [-0.3, -0.25) is 4.79 Å². The third kappa shape index (κ3) is 7.17. The lowest BCUT2D eigenvalue weighted by molar-refractivity contribution is -0.148. The zero-order valence-corrected chi connectivity index (χ0v) is 19.2. The lowest BCUT2D eigenvalue weighted by Gasteiger charge is -2.34. The molecule has 0 saturated carbocycles. The topological polar surface area (TPSA) is 62.7 Å². The molecular formula is C26H31N3O3. The maximum atomic E-state index is 12.6. The Labute approximate surface area is 190 Å². The van der Waals surface area contributed by atoms with E-state index >= 15 is 0 Å². The summed E-state index contributed by atoms with van der Waals surface area (Å²) in [5.74, 6) is -0.498. The Bertz CT molecular complexity index is 996. The molecule has 0 atom stereocenters. The van der Waals surface area contributed by atoms with Crippen molar-refractivity contribution in [2.24, 2.45) is 0 Å². The quantitative estimate of drug-likeness (QED) is 0.389. The minimum Gasteiger partial charge on any atom is -0.457 e. The highest BCUT2D eigenvalue weighted by molar-refractivity contribution is 6.06. The Kier molecular flexibility index (Phi) is 7.59. The number of esters is 1. The maximum absolute atomic E-state index is 12.6. The number of rotatable bonds is 6. The molecule has 32 heavy (non-hydrogen) atoms. The van der Waals surface area contributed by atoms with E-state index in [1.54, 1.807) is 18.2 Å². The van der Waals surface area contributed by atoms with Crippen molar-refractivity contribution in [2.45, 2.75) is 26.4 Å². The second kappa shape index (κ2) is 10.4. The Morgan fingerprint density at radius 3 is 2.09 bits per heavy atom. The van der Waals surface area contributed by atoms with Gasteiger partial charge in [-0.05, 0) is 82.4 Å². The summed E-state index contributed by atoms with van der Waals surface area (Å²) in [7, 11) is 2.13. The minimum atomic E-state index is -0.539. The van der Waals surface area contributed by atoms with Crippen molar-refractivity contribution in [3.8, 4) is 0 Å². The number of allylic oxidation sites excluding steroid dienone is 1. The number of ether oxygens (including phenoxy) is 1. The fourth-order valence-corrected chi connectivity index (χ4v) is 3.30. The Hall–Kier alpha value is -3.25. The molecule has 3 rings (SSSR count). The van der Waals surface area contributed by atoms with Crippen LogP contribution in [0, 0.1) is 0 Å². The van der Waals surface area contributed by atoms with Crippen molar-refractivity contribution in [3.63, 3.8) is 0 Å². The number of carbonyl (C=O) groups is 2. The predicted octanol–water partition coefficient (Wildman–Crippen LogP) is 4.08. The molecule has 2 heterocycles. The number of aromatic nitrogens is 1. The number of benzene rings is 1. The monoisotopic (exact) mass is 433 g/mol. The highest BCUT2D eigenvalue weighted by atomic mass is 16.6. The average Bonchev–Trinajstić information content (AvgIpc) is 2.76. The van der Waals surface area contributed by atoms with Crippen LogP contribution >= 0.6 is 0 Å². The molecule has 6 heteroatoms. The number of piperazine rings is 1. The molecule has 1 aliphatic heterocycles. The summed E-state index contributed by atoms with van der Waals surface area (Å²) in [5, 5.41) is 0. The average molecular weight is 434 g/mol. The van der Waals surface area contributed by atoms with Crippen molar-refractivity contribution < 1.29 is 14.3 Å². The molecule has 2 aromatic rings. The zero-order valence-electron chi connectivity index (χ0n) is 19.2. The van der Waals surface area contributed by atoms with Gasteiger partial charge in [0.2, 0.25) is 0 Å². The SMILES string of the molecule is CN1CCN(c2ccc(C(=O)C=Cc3cccc(C=CC(=O)OC(C)(C)C)n3)cc2)CC1. The molecule has 0 amide bonds. The van der Waals surface area contributed by atoms with E-state index in [1.165, 1.54) is 12.2 Å². The van der Waals surface area contributed by atoms with Gasteiger partial charge in [-0.15, -0.1) is 0 Å². The normalized spacial score (nSPS) is 15.4. The van der Waals surface area contributed by atoms with Crippen LogP contribution in [0.15, 0.2) is 54.6 Å². The summed E-state index contributed by atoms with van der Waals surface area (Å²) in [6.45, 7) is 9.53. The van der Waals surface area contributed by atoms with Crippen LogP contribution < -0.4 is 4.90 Å². The number of carbonyl (C=O) groups excluding carboxylic acids is 2. The number of likely N-dealkylation sites (N-methyl/N-ethyl adjacent to an activating group) is 1. The minimum absolute atomic E-state index is 0.0774. The van der Waals surface area contributed by atoms with Crippen LogP contribution in [-0.2, 0) is 9.53 Å². The lowest BCUT2D eigenvalue weighted by Crippen LogP contribution is -2.44. The van der Waals surface area contributed by atoms with E-state index in [0.717, 1.165) is 31.9 Å². The van der Waals surface area contributed by atoms with E-state index in [1.807, 2.05) is 57.2 Å². The fourth-order valence-electron chi connectivity index (χ4n) is 3.30. The van der Waals surface area contributed by atoms with Gasteiger partial charge >= 0.3 is 5.97 Å². The maximum Gasteiger partial charge on any atom is 0.331 e. The Balaban J connectivity index is 1.60. The first-order valence-corrected chi connectivity index (χ1v) is 10.8. The molecule has 168 valence electrons. The number of pyridine rings is 1. The fraction of sp³-hybridized carbons (Fsp3) is 0.346. The number of ketones is 1. The summed E-state index contributed by atoms with van der Waals surface area (Å²) in [6.07, 6.45) is 6.16. The van der Waals surface area contributed by atoms with E-state index in [4.69, 9.17) is 4.74 Å². The van der Waals surface area contributed by atoms with Crippen LogP contribution in [0.25, 0.3) is 12.2 Å². The summed E-state index contributed by atoms with van der Waals surface area (Å²) in [6, 6.07) is 13.2. The van der Waals surface area contributed by atoms with E-state index in [9.17, 15) is 9.59 Å². The molecule has 0 radical (unpaired) electrons. The van der Waals surface area contributed by atoms with Gasteiger partial charge in [-0.25, -0.2) is 9.78 Å². The molecule has 0 bridgehead atoms. The summed E-state index contributed by atoms with van der Waals surface area (Å²) < 4.78 is 5.25. The Morgan fingerprint density at radius 1 is 0.906 bits per heavy atom. The second-order valence-electron chi connectivity index (χ2n) is 8.89. The lowest BCUT2D eigenvalue weighted by atomic mass is 10.1. The first kappa shape index (κ1) is 23.4. The first-order valence-electron chi connectivity index (χ1n) is 10.8. The molecule has 1 aliphatic rings. The summed E-state index contributed by atoms with van der Waals surface area (Å²) in [5.41, 5.74) is 2.49. The predicted molar refractivity (Wildman–Crippen MR) is 129 cm³/mol. The van der Waals surface area contributed by atoms with Crippen molar-refractivity contribution in [1.29, 1.82) is 0 Å². The molecule has 0 unspecified atom stereocenters. The summed E-state index contributed by atoms with van der Waals surface area (Å²) >= 11 is 0. The van der Waals surface area contributed by atoms with Gasteiger partial charge in [0.15, 0.2) is 5.78 Å². The smallest absolute Gasteiger partial charge is 0.331 e. The summed E-state index contributed by atoms with van der Waals surface area (Å²) in [4.78, 5) is 33.5. The van der Waals surface area contributed by atoms with Crippen molar-refractivity contribution in [2.75, 3.05) is 38.1 Å². The van der Waals surface area contributed by atoms with E-state index in [0.29, 0.717) is 17.0 Å². The third-order valence-electron chi connectivity index (χ3n) is 5.01. The van der Waals surface area contributed by atoms with Crippen LogP contribution in [-0.4, -0.2) is 60.5 Å². The van der Waals surface area contributed by atoms with Gasteiger partial charge in [0.25, 0.3) is 0 Å². The highest BCUT2D eigenvalue weighted by Crippen LogP contribution is 2.18. The zero-order chi connectivity index (χ0) is 23.1. The molecule has 1 fully saturated rings. The third-order valence-corrected chi connectivity index (χ3v) is 5.01. The number of hydrogen-bond acceptors (Lipinski definition) is 6. The molecular weight excluding hydrogens is 402 g/mol. The largest absolute Gasteiger partial charge is 0.457 e. The van der Waals surface area contributed by atoms with Crippen molar-refractivity contribution in [1.82, 2.24) is 9.88 Å². The first-order chi connectivity index (χ1) is 15.2. The number of nitrogens with zero attached hydrogens (tertiary/aromatic N) is 3. The van der Waals surface area contributed by atoms with Gasteiger partial charge < -0.3 is 14.5 Å². The molecule has 1 aromatic heterocycles. The van der Waals surface area contributed by atoms with Gasteiger partial charge in [0.05, 0.1) is 11.4 Å². The molecule has 6 nitrogen and oxygen atoms in total. The van der Waals surface area contributed by atoms with Gasteiger partial charge in [0, 0.05) is 43.5 Å². The molecule has 1 aromatic carbocycles. The van der Waals surface area contributed by atoms with E-state index in [2.05, 4.69) is 21.8 Å². The van der Waals surface area contributed by atoms with Gasteiger partial charge in [-0.1, -0.05) is 6.07 Å². The molecule has 1 saturated heterocycles. The molecule has 0 spiro atoms. The highest BCUT2D eigenvalue weighted by Gasteiger charge is 2.15. The van der Waals surface area contributed by atoms with Gasteiger partial charge in [-0.2, -0.15) is 0 Å². The Morgan fingerprint density at radius 2 is 1.50 bits per heavy atom. The van der Waals surface area contributed by atoms with Crippen LogP contribution in [0.3, 0.4) is 0 Å². The van der Waals surface area contributed by atoms with Crippen molar-refractivity contribution >= 4 is 29.6 Å². The standard InChI is InChI=1S/C26H31N3O3/c1-26(2,3)32-25(31)15-11-22-7-5-6-21(27-22)10-14-24(30)20-8-12-23(13-9-20)29-18-16-28(4)17-19-29/h5-15H,16-19H2,1-4H3. The van der Waals surface area contributed by atoms with Crippen LogP contribution in [0.4, 0.5) is 5.69 Å². The van der Waals surface area contributed by atoms with Crippen LogP contribution in [0.1, 0.15) is 42.5 Å². The van der Waals surface area contributed by atoms with Crippen molar-refractivity contribution in [3.05, 3.63) is 71.6 Å². The second-order valence-corrected chi connectivity index (χ2v) is 8.89. The number of anilines is 1. The van der Waals surface area contributed by atoms with Gasteiger partial charge in [0.1, 0.15) is 5.60 Å². The number of hydrogen-bond donors (Lipinski definition) is 0. The molecule has 0 aliphatic carbocycles. The van der Waals surface area contributed by atoms with Crippen LogP contribution in [0.2, 0.25) is 0 Å².